The van der Waals surface area contributed by atoms with Gasteiger partial charge in [-0.15, -0.1) is 0 Å². The van der Waals surface area contributed by atoms with Crippen LogP contribution in [-0.4, -0.2) is 21.1 Å². The third-order valence-corrected chi connectivity index (χ3v) is 3.03. The first-order valence-corrected chi connectivity index (χ1v) is 5.72. The number of oxime groups is 1. The third-order valence-electron chi connectivity index (χ3n) is 3.03. The lowest BCUT2D eigenvalue weighted by molar-refractivity contribution is 0.318. The highest BCUT2D eigenvalue weighted by Crippen LogP contribution is 2.40. The zero-order valence-electron chi connectivity index (χ0n) is 9.87. The van der Waals surface area contributed by atoms with Crippen LogP contribution in [0, 0.1) is 0 Å². The summed E-state index contributed by atoms with van der Waals surface area (Å²) in [6.07, 6.45) is 0.331. The lowest BCUT2D eigenvalue weighted by Crippen LogP contribution is -2.04. The second-order valence-corrected chi connectivity index (χ2v) is 4.27. The van der Waals surface area contributed by atoms with E-state index in [-0.39, 0.29) is 28.5 Å². The first-order valence-electron chi connectivity index (χ1n) is 5.72. The zero-order chi connectivity index (χ0) is 13.4. The molecule has 96 valence electrons. The molecule has 2 aromatic rings. The maximum Gasteiger partial charge on any atom is 0.144 e. The Hall–Kier alpha value is -2.69. The Bertz CT molecular complexity index is 679. The van der Waals surface area contributed by atoms with Crippen LogP contribution in [0.1, 0.15) is 11.1 Å². The van der Waals surface area contributed by atoms with E-state index in [2.05, 4.69) is 5.16 Å². The van der Waals surface area contributed by atoms with Gasteiger partial charge in [-0.3, -0.25) is 0 Å². The van der Waals surface area contributed by atoms with Gasteiger partial charge in [0.25, 0.3) is 0 Å². The number of benzene rings is 2. The van der Waals surface area contributed by atoms with Gasteiger partial charge in [0.15, 0.2) is 0 Å². The number of fused-ring (bicyclic) bond motifs is 2. The molecule has 3 rings (SSSR count). The minimum Gasteiger partial charge on any atom is -0.508 e. The Morgan fingerprint density at radius 2 is 1.84 bits per heavy atom. The highest BCUT2D eigenvalue weighted by atomic mass is 16.5. The molecule has 0 unspecified atom stereocenters. The van der Waals surface area contributed by atoms with E-state index in [1.54, 1.807) is 6.07 Å². The summed E-state index contributed by atoms with van der Waals surface area (Å²) in [7, 11) is 0. The molecule has 0 radical (unpaired) electrons. The van der Waals surface area contributed by atoms with Crippen molar-refractivity contribution in [3.63, 3.8) is 0 Å². The maximum absolute atomic E-state index is 9.91. The Labute approximate surface area is 109 Å². The molecule has 0 aromatic heterocycles. The van der Waals surface area contributed by atoms with Crippen LogP contribution >= 0.6 is 0 Å². The molecule has 19 heavy (non-hydrogen) atoms. The topological polar surface area (TPSA) is 82.3 Å². The fraction of sp³-hybridized carbons (Fsp3) is 0.0714. The van der Waals surface area contributed by atoms with E-state index in [9.17, 15) is 10.2 Å². The van der Waals surface area contributed by atoms with E-state index in [1.165, 1.54) is 12.1 Å². The molecule has 0 bridgehead atoms. The van der Waals surface area contributed by atoms with E-state index < -0.39 is 0 Å². The molecular weight excluding hydrogens is 246 g/mol. The Morgan fingerprint density at radius 1 is 1.05 bits per heavy atom. The van der Waals surface area contributed by atoms with Gasteiger partial charge in [0, 0.05) is 24.1 Å². The lowest BCUT2D eigenvalue weighted by atomic mass is 10.0. The summed E-state index contributed by atoms with van der Waals surface area (Å²) in [6, 6.07) is 9.86. The number of phenolic OH excluding ortho intramolecular Hbond substituents is 2. The first kappa shape index (κ1) is 11.4. The molecule has 0 saturated heterocycles. The minimum atomic E-state index is -0.185. The van der Waals surface area contributed by atoms with Crippen LogP contribution < -0.4 is 4.74 Å². The predicted molar refractivity (Wildman–Crippen MR) is 68.3 cm³/mol. The highest BCUT2D eigenvalue weighted by molar-refractivity contribution is 6.07. The molecule has 5 nitrogen and oxygen atoms in total. The van der Waals surface area contributed by atoms with Crippen LogP contribution in [0.25, 0.3) is 0 Å². The average molecular weight is 257 g/mol. The lowest BCUT2D eigenvalue weighted by Gasteiger charge is -2.10. The number of hydrogen-bond donors (Lipinski definition) is 3. The smallest absolute Gasteiger partial charge is 0.144 e. The number of ether oxygens (including phenoxy) is 1. The fourth-order valence-electron chi connectivity index (χ4n) is 2.18. The van der Waals surface area contributed by atoms with Crippen molar-refractivity contribution in [2.24, 2.45) is 5.16 Å². The van der Waals surface area contributed by atoms with Crippen LogP contribution in [0.15, 0.2) is 41.6 Å². The van der Waals surface area contributed by atoms with Gasteiger partial charge in [0.05, 0.1) is 11.3 Å². The number of phenols is 2. The SMILES string of the molecule is O/N=C1/Cc2ccccc2Oc2cc(O)cc(O)c21. The summed E-state index contributed by atoms with van der Waals surface area (Å²) in [6.45, 7) is 0. The normalized spacial score (nSPS) is 15.3. The van der Waals surface area contributed by atoms with Gasteiger partial charge in [0.2, 0.25) is 0 Å². The van der Waals surface area contributed by atoms with Gasteiger partial charge < -0.3 is 20.2 Å². The van der Waals surface area contributed by atoms with Crippen molar-refractivity contribution in [3.05, 3.63) is 47.5 Å². The van der Waals surface area contributed by atoms with E-state index in [0.29, 0.717) is 12.2 Å². The second-order valence-electron chi connectivity index (χ2n) is 4.27. The summed E-state index contributed by atoms with van der Waals surface area (Å²) in [5.41, 5.74) is 1.42. The predicted octanol–water partition coefficient (Wildman–Crippen LogP) is 2.62. The van der Waals surface area contributed by atoms with E-state index in [1.807, 2.05) is 18.2 Å². The first-order chi connectivity index (χ1) is 9.19. The molecule has 0 amide bonds. The summed E-state index contributed by atoms with van der Waals surface area (Å²) >= 11 is 0. The Kier molecular flexibility index (Phi) is 2.52. The van der Waals surface area contributed by atoms with Crippen LogP contribution in [-0.2, 0) is 6.42 Å². The van der Waals surface area contributed by atoms with Gasteiger partial charge in [-0.1, -0.05) is 23.4 Å². The number of hydrogen-bond acceptors (Lipinski definition) is 5. The molecule has 5 heteroatoms. The monoisotopic (exact) mass is 257 g/mol. The van der Waals surface area contributed by atoms with Gasteiger partial charge in [-0.2, -0.15) is 0 Å². The summed E-state index contributed by atoms with van der Waals surface area (Å²) in [5, 5.41) is 31.8. The van der Waals surface area contributed by atoms with Crippen molar-refractivity contribution in [2.75, 3.05) is 0 Å². The molecule has 2 aromatic carbocycles. The van der Waals surface area contributed by atoms with Crippen molar-refractivity contribution >= 4 is 5.71 Å². The summed E-state index contributed by atoms with van der Waals surface area (Å²) in [5.74, 6) is 0.561. The molecule has 0 spiro atoms. The number of aromatic hydroxyl groups is 2. The average Bonchev–Trinajstić information content (AvgIpc) is 2.54. The summed E-state index contributed by atoms with van der Waals surface area (Å²) < 4.78 is 5.68. The van der Waals surface area contributed by atoms with E-state index in [4.69, 9.17) is 9.94 Å². The molecule has 1 aliphatic heterocycles. The van der Waals surface area contributed by atoms with Crippen molar-refractivity contribution in [1.82, 2.24) is 0 Å². The molecule has 0 aliphatic carbocycles. The van der Waals surface area contributed by atoms with Crippen molar-refractivity contribution in [1.29, 1.82) is 0 Å². The molecule has 0 saturated carbocycles. The minimum absolute atomic E-state index is 0.118. The fourth-order valence-corrected chi connectivity index (χ4v) is 2.18. The van der Waals surface area contributed by atoms with Gasteiger partial charge in [-0.05, 0) is 6.07 Å². The molecule has 1 aliphatic rings. The van der Waals surface area contributed by atoms with Crippen LogP contribution in [0.4, 0.5) is 0 Å². The second kappa shape index (κ2) is 4.20. The molecule has 0 fully saturated rings. The molecular formula is C14H11NO4. The zero-order valence-corrected chi connectivity index (χ0v) is 9.87. The van der Waals surface area contributed by atoms with Gasteiger partial charge >= 0.3 is 0 Å². The van der Waals surface area contributed by atoms with Crippen molar-refractivity contribution in [2.45, 2.75) is 6.42 Å². The quantitative estimate of drug-likeness (QED) is 0.500. The molecule has 0 atom stereocenters. The molecule has 1 heterocycles. The van der Waals surface area contributed by atoms with E-state index in [0.717, 1.165) is 5.56 Å². The number of para-hydroxylation sites is 1. The third kappa shape index (κ3) is 1.85. The van der Waals surface area contributed by atoms with E-state index >= 15 is 0 Å². The van der Waals surface area contributed by atoms with Crippen LogP contribution in [0.5, 0.6) is 23.0 Å². The number of nitrogens with zero attached hydrogens (tertiary/aromatic N) is 1. The largest absolute Gasteiger partial charge is 0.508 e. The summed E-state index contributed by atoms with van der Waals surface area (Å²) in [4.78, 5) is 0. The van der Waals surface area contributed by atoms with Crippen LogP contribution in [0.2, 0.25) is 0 Å². The number of rotatable bonds is 0. The molecule has 3 N–H and O–H groups in total. The van der Waals surface area contributed by atoms with Crippen molar-refractivity contribution in [3.8, 4) is 23.0 Å². The van der Waals surface area contributed by atoms with Crippen LogP contribution in [0.3, 0.4) is 0 Å². The Balaban J connectivity index is 2.26. The Morgan fingerprint density at radius 3 is 2.63 bits per heavy atom. The van der Waals surface area contributed by atoms with Crippen molar-refractivity contribution < 1.29 is 20.2 Å². The highest BCUT2D eigenvalue weighted by Gasteiger charge is 2.24. The van der Waals surface area contributed by atoms with Gasteiger partial charge in [0.1, 0.15) is 23.0 Å². The standard InChI is InChI=1S/C14H11NO4/c16-9-6-11(17)14-10(15-18)5-8-3-1-2-4-12(8)19-13(14)7-9/h1-4,6-7,16-18H,5H2/b15-10-. The maximum atomic E-state index is 9.91. The van der Waals surface area contributed by atoms with Gasteiger partial charge in [-0.25, -0.2) is 0 Å².